The summed E-state index contributed by atoms with van der Waals surface area (Å²) in [7, 11) is -6.74. The summed E-state index contributed by atoms with van der Waals surface area (Å²) >= 11 is 29.7. The fourth-order valence-electron chi connectivity index (χ4n) is 7.38. The second-order valence-electron chi connectivity index (χ2n) is 12.5. The molecule has 26 heavy (non-hydrogen) atoms. The first-order chi connectivity index (χ1) is 11.0. The van der Waals surface area contributed by atoms with Crippen molar-refractivity contribution >= 4 is 89.0 Å². The molecule has 156 valence electrons. The van der Waals surface area contributed by atoms with Gasteiger partial charge in [-0.05, 0) is 8.57 Å². The van der Waals surface area contributed by atoms with Crippen LogP contribution in [0.1, 0.15) is 12.8 Å². The van der Waals surface area contributed by atoms with Gasteiger partial charge in [0.2, 0.25) is 6.90 Å². The SMILES string of the molecule is C[Si](C)(C)C1([Si](C)(C)C)CCC([Si](C)(C)C)([Si](C)(C)C)[Si]1(Cl)[Si](Cl)(Cl)Cl. The van der Waals surface area contributed by atoms with Crippen molar-refractivity contribution in [2.45, 2.75) is 100.0 Å². The molecule has 0 aromatic carbocycles. The van der Waals surface area contributed by atoms with Crippen LogP contribution >= 0.6 is 44.3 Å². The highest BCUT2D eigenvalue weighted by molar-refractivity contribution is 7.98. The number of hydrogen-bond acceptors (Lipinski definition) is 0. The molecule has 1 fully saturated rings. The second-order valence-corrected chi connectivity index (χ2v) is 57.7. The highest BCUT2D eigenvalue weighted by Crippen LogP contribution is 2.80. The maximum Gasteiger partial charge on any atom is 0.341 e. The van der Waals surface area contributed by atoms with Crippen LogP contribution in [0.25, 0.3) is 0 Å². The Morgan fingerprint density at radius 3 is 0.846 bits per heavy atom. The molecule has 0 bridgehead atoms. The molecule has 1 heterocycles. The predicted octanol–water partition coefficient (Wildman–Crippen LogP) is 8.69. The van der Waals surface area contributed by atoms with Crippen LogP contribution < -0.4 is 0 Å². The number of hydrogen-bond donors (Lipinski definition) is 0. The Labute approximate surface area is 187 Å². The van der Waals surface area contributed by atoms with E-state index >= 15 is 0 Å². The van der Waals surface area contributed by atoms with Crippen molar-refractivity contribution in [3.63, 3.8) is 0 Å². The van der Waals surface area contributed by atoms with Gasteiger partial charge in [-0.3, -0.25) is 0 Å². The van der Waals surface area contributed by atoms with Crippen LogP contribution in [0.5, 0.6) is 0 Å². The molecule has 0 atom stereocenters. The molecular weight excluding hydrogens is 503 g/mol. The van der Waals surface area contributed by atoms with Gasteiger partial charge in [0.25, 0.3) is 0 Å². The summed E-state index contributed by atoms with van der Waals surface area (Å²) in [5, 5.41) is 0. The molecular formula is C16H40Cl4Si6. The van der Waals surface area contributed by atoms with Gasteiger partial charge in [0.05, 0.1) is 0 Å². The topological polar surface area (TPSA) is 0 Å². The molecule has 1 aliphatic heterocycles. The van der Waals surface area contributed by atoms with E-state index in [2.05, 4.69) is 78.6 Å². The third-order valence-electron chi connectivity index (χ3n) is 7.56. The molecule has 0 aromatic rings. The highest BCUT2D eigenvalue weighted by Gasteiger charge is 2.86. The van der Waals surface area contributed by atoms with Crippen LogP contribution in [0.4, 0.5) is 0 Å². The predicted molar refractivity (Wildman–Crippen MR) is 143 cm³/mol. The van der Waals surface area contributed by atoms with Gasteiger partial charge < -0.3 is 0 Å². The Morgan fingerprint density at radius 2 is 0.731 bits per heavy atom. The van der Waals surface area contributed by atoms with Crippen molar-refractivity contribution in [3.05, 3.63) is 0 Å². The van der Waals surface area contributed by atoms with Gasteiger partial charge in [-0.1, -0.05) is 91.4 Å². The summed E-state index contributed by atoms with van der Waals surface area (Å²) in [5.41, 5.74) is -3.10. The van der Waals surface area contributed by atoms with Crippen LogP contribution in [0.2, 0.25) is 87.1 Å². The maximum absolute atomic E-state index is 8.17. The van der Waals surface area contributed by atoms with Crippen molar-refractivity contribution in [2.24, 2.45) is 0 Å². The van der Waals surface area contributed by atoms with Crippen molar-refractivity contribution in [1.82, 2.24) is 0 Å². The molecule has 0 radical (unpaired) electrons. The molecule has 0 unspecified atom stereocenters. The third kappa shape index (κ3) is 3.27. The first-order valence-electron chi connectivity index (χ1n) is 9.71. The van der Waals surface area contributed by atoms with Crippen LogP contribution in [-0.4, -0.2) is 44.7 Å². The Balaban J connectivity index is 4.23. The van der Waals surface area contributed by atoms with E-state index in [9.17, 15) is 0 Å². The van der Waals surface area contributed by atoms with Crippen LogP contribution in [0.15, 0.2) is 0 Å². The number of rotatable bonds is 5. The summed E-state index contributed by atoms with van der Waals surface area (Å²) in [4.78, 5) is 0. The smallest absolute Gasteiger partial charge is 0.166 e. The molecule has 0 amide bonds. The summed E-state index contributed by atoms with van der Waals surface area (Å²) in [6.45, 7) is 27.5. The van der Waals surface area contributed by atoms with Gasteiger partial charge >= 0.3 is 5.52 Å². The Bertz CT molecular complexity index is 478. The summed E-state index contributed by atoms with van der Waals surface area (Å²) < 4.78 is 0.346. The first-order valence-corrected chi connectivity index (χ1v) is 32.8. The Hall–Kier alpha value is 2.46. The minimum Gasteiger partial charge on any atom is -0.166 e. The van der Waals surface area contributed by atoms with E-state index in [-0.39, 0.29) is 8.57 Å². The Kier molecular flexibility index (Phi) is 7.12. The van der Waals surface area contributed by atoms with Gasteiger partial charge in [-0.25, -0.2) is 0 Å². The quantitative estimate of drug-likeness (QED) is 0.241. The second kappa shape index (κ2) is 6.99. The van der Waals surface area contributed by atoms with E-state index < -0.39 is 44.7 Å². The first kappa shape index (κ1) is 26.5. The standard InChI is InChI=1S/C16H40Cl4Si6/c1-21(2,3)15(22(4,5)6)13-14-16(23(7,8)9,24(10,11)12)25(15,17)26(18,19)20/h13-14H2,1-12H3. The summed E-state index contributed by atoms with van der Waals surface area (Å²) in [6, 6.07) is 0. The molecule has 0 nitrogen and oxygen atoms in total. The van der Waals surface area contributed by atoms with Gasteiger partial charge in [0, 0.05) is 32.3 Å². The van der Waals surface area contributed by atoms with Gasteiger partial charge in [0.15, 0.2) is 0 Å². The fourth-order valence-corrected chi connectivity index (χ4v) is 104. The lowest BCUT2D eigenvalue weighted by atomic mass is 10.4. The van der Waals surface area contributed by atoms with Crippen molar-refractivity contribution in [3.8, 4) is 0 Å². The zero-order valence-corrected chi connectivity index (χ0v) is 27.9. The average Bonchev–Trinajstić information content (AvgIpc) is 2.57. The molecule has 0 saturated carbocycles. The van der Waals surface area contributed by atoms with Crippen molar-refractivity contribution in [2.75, 3.05) is 0 Å². The molecule has 0 N–H and O–H groups in total. The van der Waals surface area contributed by atoms with Crippen LogP contribution in [-0.2, 0) is 0 Å². The minimum absolute atomic E-state index is 0.173. The fraction of sp³-hybridized carbons (Fsp3) is 1.00. The largest absolute Gasteiger partial charge is 0.341 e. The van der Waals surface area contributed by atoms with Gasteiger partial charge in [0.1, 0.15) is 0 Å². The third-order valence-corrected chi connectivity index (χ3v) is 69.5. The van der Waals surface area contributed by atoms with Crippen LogP contribution in [0.3, 0.4) is 0 Å². The minimum atomic E-state index is -3.10. The highest BCUT2D eigenvalue weighted by atomic mass is 35.9. The lowest BCUT2D eigenvalue weighted by molar-refractivity contribution is 0.763. The zero-order valence-electron chi connectivity index (χ0n) is 18.9. The normalized spacial score (nSPS) is 24.0. The van der Waals surface area contributed by atoms with Gasteiger partial charge in [-0.15, -0.1) is 33.2 Å². The molecule has 0 aromatic heterocycles. The number of halogens is 4. The van der Waals surface area contributed by atoms with Crippen LogP contribution in [0, 0.1) is 0 Å². The summed E-state index contributed by atoms with van der Waals surface area (Å²) in [5.74, 6) is 0. The molecule has 1 aliphatic rings. The van der Waals surface area contributed by atoms with E-state index in [0.29, 0.717) is 0 Å². The summed E-state index contributed by atoms with van der Waals surface area (Å²) in [6.07, 6.45) is 2.45. The lowest BCUT2D eigenvalue weighted by Crippen LogP contribution is -2.79. The molecule has 10 heteroatoms. The molecule has 1 saturated heterocycles. The lowest BCUT2D eigenvalue weighted by Gasteiger charge is -2.65. The maximum atomic E-state index is 8.17. The van der Waals surface area contributed by atoms with Gasteiger partial charge in [-0.2, -0.15) is 11.1 Å². The zero-order chi connectivity index (χ0) is 21.4. The van der Waals surface area contributed by atoms with E-state index in [4.69, 9.17) is 44.3 Å². The van der Waals surface area contributed by atoms with E-state index in [1.54, 1.807) is 0 Å². The monoisotopic (exact) mass is 540 g/mol. The molecule has 0 spiro atoms. The van der Waals surface area contributed by atoms with Crippen molar-refractivity contribution < 1.29 is 0 Å². The van der Waals surface area contributed by atoms with E-state index in [1.807, 2.05) is 0 Å². The average molecular weight is 543 g/mol. The van der Waals surface area contributed by atoms with E-state index in [0.717, 1.165) is 0 Å². The van der Waals surface area contributed by atoms with E-state index in [1.165, 1.54) is 12.8 Å². The Morgan fingerprint density at radius 1 is 0.538 bits per heavy atom. The molecule has 1 rings (SSSR count). The van der Waals surface area contributed by atoms with Crippen molar-refractivity contribution in [1.29, 1.82) is 0 Å². The molecule has 0 aliphatic carbocycles.